The van der Waals surface area contributed by atoms with Gasteiger partial charge in [0.1, 0.15) is 11.8 Å². The normalized spacial score (nSPS) is 12.0. The summed E-state index contributed by atoms with van der Waals surface area (Å²) >= 11 is 0. The van der Waals surface area contributed by atoms with Crippen LogP contribution >= 0.6 is 0 Å². The van der Waals surface area contributed by atoms with E-state index in [-0.39, 0.29) is 0 Å². The quantitative estimate of drug-likeness (QED) is 0.783. The van der Waals surface area contributed by atoms with Crippen LogP contribution in [-0.4, -0.2) is 9.67 Å². The van der Waals surface area contributed by atoms with Crippen molar-refractivity contribution in [2.24, 2.45) is 0 Å². The summed E-state index contributed by atoms with van der Waals surface area (Å²) < 4.78 is 1.72. The lowest BCUT2D eigenvalue weighted by atomic mass is 10.1. The third kappa shape index (κ3) is 2.47. The van der Waals surface area contributed by atoms with Gasteiger partial charge in [-0.3, -0.25) is 0 Å². The number of hydrogen-bond acceptors (Lipinski definition) is 3. The average molecular weight is 227 g/mol. The maximum Gasteiger partial charge on any atom is 0.120 e. The number of nitriles is 1. The minimum Gasteiger partial charge on any atom is -0.399 e. The van der Waals surface area contributed by atoms with E-state index in [4.69, 9.17) is 11.0 Å². The lowest BCUT2D eigenvalue weighted by molar-refractivity contribution is 0.156. The number of aliphatic hydroxyl groups is 1. The van der Waals surface area contributed by atoms with Gasteiger partial charge in [0.05, 0.1) is 12.6 Å². The molecule has 0 fully saturated rings. The van der Waals surface area contributed by atoms with Gasteiger partial charge >= 0.3 is 0 Å². The number of nitrogens with two attached hydrogens (primary N) is 1. The summed E-state index contributed by atoms with van der Waals surface area (Å²) in [6.45, 7) is 0.347. The molecule has 0 amide bonds. The van der Waals surface area contributed by atoms with Crippen molar-refractivity contribution in [1.29, 1.82) is 5.26 Å². The molecule has 0 bridgehead atoms. The van der Waals surface area contributed by atoms with Crippen LogP contribution in [0.5, 0.6) is 0 Å². The minimum atomic E-state index is -0.669. The fourth-order valence-corrected chi connectivity index (χ4v) is 1.73. The first-order valence-corrected chi connectivity index (χ1v) is 5.29. The molecule has 2 aromatic rings. The molecule has 1 heterocycles. The van der Waals surface area contributed by atoms with E-state index in [2.05, 4.69) is 6.07 Å². The van der Waals surface area contributed by atoms with Crippen molar-refractivity contribution in [3.63, 3.8) is 0 Å². The third-order valence-electron chi connectivity index (χ3n) is 2.61. The Kier molecular flexibility index (Phi) is 3.12. The Bertz CT molecular complexity index is 554. The van der Waals surface area contributed by atoms with Crippen molar-refractivity contribution in [2.75, 3.05) is 5.73 Å². The first-order valence-electron chi connectivity index (χ1n) is 5.29. The van der Waals surface area contributed by atoms with Crippen molar-refractivity contribution in [3.8, 4) is 6.07 Å². The summed E-state index contributed by atoms with van der Waals surface area (Å²) in [5.41, 5.74) is 7.56. The van der Waals surface area contributed by atoms with Crippen molar-refractivity contribution in [1.82, 2.24) is 4.57 Å². The van der Waals surface area contributed by atoms with Gasteiger partial charge < -0.3 is 15.4 Å². The zero-order valence-corrected chi connectivity index (χ0v) is 9.24. The number of rotatable bonds is 3. The predicted octanol–water partition coefficient (Wildman–Crippen LogP) is 1.68. The smallest absolute Gasteiger partial charge is 0.120 e. The van der Waals surface area contributed by atoms with Gasteiger partial charge in [-0.1, -0.05) is 12.1 Å². The second-order valence-electron chi connectivity index (χ2n) is 3.84. The van der Waals surface area contributed by atoms with Crippen LogP contribution in [0.25, 0.3) is 0 Å². The second-order valence-corrected chi connectivity index (χ2v) is 3.84. The van der Waals surface area contributed by atoms with Gasteiger partial charge in [0.2, 0.25) is 0 Å². The molecule has 0 aliphatic heterocycles. The highest BCUT2D eigenvalue weighted by Gasteiger charge is 2.10. The van der Waals surface area contributed by atoms with Crippen LogP contribution in [0.15, 0.2) is 42.6 Å². The number of benzene rings is 1. The van der Waals surface area contributed by atoms with Crippen molar-refractivity contribution in [2.45, 2.75) is 12.6 Å². The average Bonchev–Trinajstić information content (AvgIpc) is 2.76. The highest BCUT2D eigenvalue weighted by atomic mass is 16.3. The van der Waals surface area contributed by atoms with E-state index in [9.17, 15) is 5.11 Å². The van der Waals surface area contributed by atoms with E-state index >= 15 is 0 Å². The number of anilines is 1. The lowest BCUT2D eigenvalue weighted by Crippen LogP contribution is -2.09. The molecule has 0 saturated heterocycles. The zero-order valence-electron chi connectivity index (χ0n) is 9.24. The Morgan fingerprint density at radius 1 is 1.35 bits per heavy atom. The first kappa shape index (κ1) is 11.2. The Labute approximate surface area is 99.5 Å². The number of hydrogen-bond donors (Lipinski definition) is 2. The Morgan fingerprint density at radius 2 is 2.18 bits per heavy atom. The maximum absolute atomic E-state index is 10.1. The minimum absolute atomic E-state index is 0.347. The van der Waals surface area contributed by atoms with E-state index in [1.807, 2.05) is 6.07 Å². The molecule has 0 aliphatic rings. The SMILES string of the molecule is N#Cc1cccn1CC(O)c1cccc(N)c1. The summed E-state index contributed by atoms with van der Waals surface area (Å²) in [6.07, 6.45) is 1.10. The van der Waals surface area contributed by atoms with Crippen LogP contribution in [0, 0.1) is 11.3 Å². The van der Waals surface area contributed by atoms with Crippen molar-refractivity contribution in [3.05, 3.63) is 53.9 Å². The van der Waals surface area contributed by atoms with Crippen molar-refractivity contribution < 1.29 is 5.11 Å². The summed E-state index contributed by atoms with van der Waals surface area (Å²) in [7, 11) is 0. The van der Waals surface area contributed by atoms with Gasteiger partial charge in [-0.2, -0.15) is 5.26 Å². The molecule has 4 heteroatoms. The number of nitrogen functional groups attached to an aromatic ring is 1. The molecule has 0 spiro atoms. The zero-order chi connectivity index (χ0) is 12.3. The van der Waals surface area contributed by atoms with Gasteiger partial charge in [0, 0.05) is 11.9 Å². The van der Waals surface area contributed by atoms with Crippen LogP contribution in [0.3, 0.4) is 0 Å². The van der Waals surface area contributed by atoms with Gasteiger partial charge in [-0.05, 0) is 29.8 Å². The van der Waals surface area contributed by atoms with E-state index in [1.165, 1.54) is 0 Å². The molecule has 2 rings (SSSR count). The molecule has 0 saturated carbocycles. The summed E-state index contributed by atoms with van der Waals surface area (Å²) in [5, 5.41) is 18.9. The van der Waals surface area contributed by atoms with Crippen LogP contribution in [0.4, 0.5) is 5.69 Å². The van der Waals surface area contributed by atoms with Gasteiger partial charge in [-0.15, -0.1) is 0 Å². The predicted molar refractivity (Wildman–Crippen MR) is 65.0 cm³/mol. The number of aliphatic hydroxyl groups excluding tert-OH is 1. The summed E-state index contributed by atoms with van der Waals surface area (Å²) in [5.74, 6) is 0. The molecule has 1 unspecified atom stereocenters. The molecule has 1 atom stereocenters. The van der Waals surface area contributed by atoms with E-state index in [1.54, 1.807) is 41.1 Å². The second kappa shape index (κ2) is 4.73. The number of nitrogens with zero attached hydrogens (tertiary/aromatic N) is 2. The van der Waals surface area contributed by atoms with Crippen molar-refractivity contribution >= 4 is 5.69 Å². The summed E-state index contributed by atoms with van der Waals surface area (Å²) in [4.78, 5) is 0. The highest BCUT2D eigenvalue weighted by Crippen LogP contribution is 2.18. The van der Waals surface area contributed by atoms with Crippen LogP contribution in [-0.2, 0) is 6.54 Å². The summed E-state index contributed by atoms with van der Waals surface area (Å²) in [6, 6.07) is 12.7. The molecule has 17 heavy (non-hydrogen) atoms. The topological polar surface area (TPSA) is 75.0 Å². The molecule has 1 aromatic carbocycles. The highest BCUT2D eigenvalue weighted by molar-refractivity contribution is 5.41. The molecular formula is C13H13N3O. The van der Waals surface area contributed by atoms with Gasteiger partial charge in [0.15, 0.2) is 0 Å². The maximum atomic E-state index is 10.1. The van der Waals surface area contributed by atoms with Gasteiger partial charge in [-0.25, -0.2) is 0 Å². The molecular weight excluding hydrogens is 214 g/mol. The van der Waals surface area contributed by atoms with E-state index in [0.29, 0.717) is 17.9 Å². The molecule has 0 radical (unpaired) electrons. The van der Waals surface area contributed by atoms with E-state index in [0.717, 1.165) is 5.56 Å². The van der Waals surface area contributed by atoms with E-state index < -0.39 is 6.10 Å². The fourth-order valence-electron chi connectivity index (χ4n) is 1.73. The Balaban J connectivity index is 2.17. The molecule has 3 N–H and O–H groups in total. The molecule has 0 aliphatic carbocycles. The Morgan fingerprint density at radius 3 is 2.88 bits per heavy atom. The van der Waals surface area contributed by atoms with Gasteiger partial charge in [0.25, 0.3) is 0 Å². The number of aromatic nitrogens is 1. The van der Waals surface area contributed by atoms with Crippen LogP contribution < -0.4 is 5.73 Å². The third-order valence-corrected chi connectivity index (χ3v) is 2.61. The lowest BCUT2D eigenvalue weighted by Gasteiger charge is -2.13. The fraction of sp³-hybridized carbons (Fsp3) is 0.154. The monoisotopic (exact) mass is 227 g/mol. The molecule has 4 nitrogen and oxygen atoms in total. The largest absolute Gasteiger partial charge is 0.399 e. The molecule has 86 valence electrons. The Hall–Kier alpha value is -2.25. The van der Waals surface area contributed by atoms with Crippen LogP contribution in [0.2, 0.25) is 0 Å². The first-order chi connectivity index (χ1) is 8.20. The molecule has 1 aromatic heterocycles. The standard InChI is InChI=1S/C13H13N3O/c14-8-12-5-2-6-16(12)9-13(17)10-3-1-4-11(15)7-10/h1-7,13,17H,9,15H2. The van der Waals surface area contributed by atoms with Crippen LogP contribution in [0.1, 0.15) is 17.4 Å².